The molecule has 102 valence electrons. The summed E-state index contributed by atoms with van der Waals surface area (Å²) in [5.74, 6) is 0.281. The van der Waals surface area contributed by atoms with E-state index in [2.05, 4.69) is 0 Å². The number of nitrogens with two attached hydrogens (primary N) is 1. The van der Waals surface area contributed by atoms with Crippen molar-refractivity contribution in [3.05, 3.63) is 24.3 Å². The van der Waals surface area contributed by atoms with Gasteiger partial charge in [-0.1, -0.05) is 19.9 Å². The van der Waals surface area contributed by atoms with E-state index in [1.54, 1.807) is 18.2 Å². The Hall–Kier alpha value is -1.07. The van der Waals surface area contributed by atoms with Gasteiger partial charge in [-0.15, -0.1) is 0 Å². The second kappa shape index (κ2) is 5.71. The predicted octanol–water partition coefficient (Wildman–Crippen LogP) is 2.32. The third kappa shape index (κ3) is 3.46. The molecular formula is C13H22N2O2S. The summed E-state index contributed by atoms with van der Waals surface area (Å²) in [5, 5.41) is 0. The Balaban J connectivity index is 3.17. The molecular weight excluding hydrogens is 248 g/mol. The van der Waals surface area contributed by atoms with Crippen LogP contribution in [0.4, 0.5) is 5.69 Å². The fraction of sp³-hybridized carbons (Fsp3) is 0.538. The minimum Gasteiger partial charge on any atom is -0.399 e. The van der Waals surface area contributed by atoms with Crippen molar-refractivity contribution in [1.82, 2.24) is 4.31 Å². The highest BCUT2D eigenvalue weighted by Gasteiger charge is 2.27. The quantitative estimate of drug-likeness (QED) is 0.835. The molecule has 2 N–H and O–H groups in total. The molecule has 1 aromatic carbocycles. The Labute approximate surface area is 110 Å². The second-order valence-corrected chi connectivity index (χ2v) is 7.03. The summed E-state index contributed by atoms with van der Waals surface area (Å²) in [4.78, 5) is 0.261. The maximum Gasteiger partial charge on any atom is 0.243 e. The number of nitrogens with zero attached hydrogens (tertiary/aromatic N) is 1. The number of hydrogen-bond acceptors (Lipinski definition) is 3. The first-order chi connectivity index (χ1) is 8.25. The van der Waals surface area contributed by atoms with Crippen molar-refractivity contribution in [2.75, 3.05) is 12.3 Å². The van der Waals surface area contributed by atoms with Gasteiger partial charge < -0.3 is 5.73 Å². The normalized spacial score (nSPS) is 12.6. The van der Waals surface area contributed by atoms with Crippen LogP contribution in [0, 0.1) is 5.92 Å². The van der Waals surface area contributed by atoms with Crippen LogP contribution in [0.25, 0.3) is 0 Å². The molecule has 0 aliphatic carbocycles. The Morgan fingerprint density at radius 2 is 1.83 bits per heavy atom. The van der Waals surface area contributed by atoms with E-state index in [1.165, 1.54) is 10.4 Å². The summed E-state index contributed by atoms with van der Waals surface area (Å²) in [6.45, 7) is 8.28. The first-order valence-electron chi connectivity index (χ1n) is 6.12. The average Bonchev–Trinajstić information content (AvgIpc) is 2.25. The van der Waals surface area contributed by atoms with Crippen LogP contribution in [0.2, 0.25) is 0 Å². The molecule has 0 radical (unpaired) electrons. The number of sulfonamides is 1. The van der Waals surface area contributed by atoms with E-state index in [0.717, 1.165) is 0 Å². The number of rotatable bonds is 5. The minimum atomic E-state index is -3.46. The summed E-state index contributed by atoms with van der Waals surface area (Å²) in [7, 11) is -3.46. The molecule has 0 unspecified atom stereocenters. The molecule has 0 aromatic heterocycles. The monoisotopic (exact) mass is 270 g/mol. The molecule has 5 heteroatoms. The number of benzene rings is 1. The van der Waals surface area contributed by atoms with Gasteiger partial charge in [0.2, 0.25) is 10.0 Å². The first kappa shape index (κ1) is 15.0. The molecule has 0 heterocycles. The summed E-state index contributed by atoms with van der Waals surface area (Å²) in [5.41, 5.74) is 6.11. The SMILES string of the molecule is CC(C)CN(C(C)C)S(=O)(=O)c1cccc(N)c1. The van der Waals surface area contributed by atoms with Crippen molar-refractivity contribution in [2.24, 2.45) is 5.92 Å². The maximum absolute atomic E-state index is 12.5. The molecule has 0 aliphatic rings. The fourth-order valence-corrected chi connectivity index (χ4v) is 3.61. The van der Waals surface area contributed by atoms with Gasteiger partial charge >= 0.3 is 0 Å². The van der Waals surface area contributed by atoms with Gasteiger partial charge in [0.1, 0.15) is 0 Å². The maximum atomic E-state index is 12.5. The highest BCUT2D eigenvalue weighted by Crippen LogP contribution is 2.21. The summed E-state index contributed by atoms with van der Waals surface area (Å²) in [6, 6.07) is 6.36. The smallest absolute Gasteiger partial charge is 0.243 e. The highest BCUT2D eigenvalue weighted by molar-refractivity contribution is 7.89. The summed E-state index contributed by atoms with van der Waals surface area (Å²) in [6.07, 6.45) is 0. The molecule has 0 saturated carbocycles. The molecule has 1 aromatic rings. The molecule has 1 rings (SSSR count). The zero-order valence-electron chi connectivity index (χ0n) is 11.4. The molecule has 0 fully saturated rings. The topological polar surface area (TPSA) is 63.4 Å². The highest BCUT2D eigenvalue weighted by atomic mass is 32.2. The Morgan fingerprint density at radius 3 is 2.28 bits per heavy atom. The van der Waals surface area contributed by atoms with Crippen molar-refractivity contribution in [2.45, 2.75) is 38.6 Å². The van der Waals surface area contributed by atoms with Gasteiger partial charge in [-0.3, -0.25) is 0 Å². The van der Waals surface area contributed by atoms with Gasteiger partial charge in [0, 0.05) is 18.3 Å². The van der Waals surface area contributed by atoms with Crippen LogP contribution in [0.5, 0.6) is 0 Å². The number of nitrogen functional groups attached to an aromatic ring is 1. The van der Waals surface area contributed by atoms with Crippen LogP contribution in [0.1, 0.15) is 27.7 Å². The van der Waals surface area contributed by atoms with Crippen LogP contribution < -0.4 is 5.73 Å². The second-order valence-electron chi connectivity index (χ2n) is 5.13. The van der Waals surface area contributed by atoms with Gasteiger partial charge in [-0.05, 0) is 38.0 Å². The lowest BCUT2D eigenvalue weighted by molar-refractivity contribution is 0.319. The Bertz CT molecular complexity index is 495. The standard InChI is InChI=1S/C13H22N2O2S/c1-10(2)9-15(11(3)4)18(16,17)13-7-5-6-12(14)8-13/h5-8,10-11H,9,14H2,1-4H3. The van der Waals surface area contributed by atoms with Gasteiger partial charge in [-0.25, -0.2) is 8.42 Å². The van der Waals surface area contributed by atoms with Crippen molar-refractivity contribution in [3.63, 3.8) is 0 Å². The largest absolute Gasteiger partial charge is 0.399 e. The van der Waals surface area contributed by atoms with E-state index in [0.29, 0.717) is 12.2 Å². The number of hydrogen-bond donors (Lipinski definition) is 1. The van der Waals surface area contributed by atoms with E-state index in [9.17, 15) is 8.42 Å². The van der Waals surface area contributed by atoms with Gasteiger partial charge in [0.05, 0.1) is 4.90 Å². The van der Waals surface area contributed by atoms with Crippen LogP contribution in [-0.4, -0.2) is 25.3 Å². The van der Waals surface area contributed by atoms with Crippen molar-refractivity contribution < 1.29 is 8.42 Å². The lowest BCUT2D eigenvalue weighted by Crippen LogP contribution is -2.39. The summed E-state index contributed by atoms with van der Waals surface area (Å²) < 4.78 is 26.6. The molecule has 0 atom stereocenters. The predicted molar refractivity (Wildman–Crippen MR) is 74.7 cm³/mol. The van der Waals surface area contributed by atoms with Crippen molar-refractivity contribution in [3.8, 4) is 0 Å². The zero-order chi connectivity index (χ0) is 13.9. The molecule has 0 amide bonds. The lowest BCUT2D eigenvalue weighted by Gasteiger charge is -2.27. The van der Waals surface area contributed by atoms with E-state index < -0.39 is 10.0 Å². The van der Waals surface area contributed by atoms with E-state index in [-0.39, 0.29) is 16.9 Å². The van der Waals surface area contributed by atoms with Crippen LogP contribution >= 0.6 is 0 Å². The molecule has 0 aliphatic heterocycles. The van der Waals surface area contributed by atoms with Gasteiger partial charge in [0.25, 0.3) is 0 Å². The molecule has 18 heavy (non-hydrogen) atoms. The van der Waals surface area contributed by atoms with Gasteiger partial charge in [-0.2, -0.15) is 4.31 Å². The fourth-order valence-electron chi connectivity index (χ4n) is 1.76. The zero-order valence-corrected chi connectivity index (χ0v) is 12.2. The molecule has 4 nitrogen and oxygen atoms in total. The van der Waals surface area contributed by atoms with E-state index >= 15 is 0 Å². The third-order valence-electron chi connectivity index (χ3n) is 2.59. The summed E-state index contributed by atoms with van der Waals surface area (Å²) >= 11 is 0. The lowest BCUT2D eigenvalue weighted by atomic mass is 10.2. The molecule has 0 spiro atoms. The average molecular weight is 270 g/mol. The van der Waals surface area contributed by atoms with Crippen molar-refractivity contribution in [1.29, 1.82) is 0 Å². The Morgan fingerprint density at radius 1 is 1.22 bits per heavy atom. The Kier molecular flexibility index (Phi) is 4.76. The van der Waals surface area contributed by atoms with Crippen molar-refractivity contribution >= 4 is 15.7 Å². The van der Waals surface area contributed by atoms with Crippen LogP contribution in [0.15, 0.2) is 29.2 Å². The molecule has 0 bridgehead atoms. The van der Waals surface area contributed by atoms with Gasteiger partial charge in [0.15, 0.2) is 0 Å². The number of anilines is 1. The molecule has 0 saturated heterocycles. The van der Waals surface area contributed by atoms with Crippen LogP contribution in [-0.2, 0) is 10.0 Å². The van der Waals surface area contributed by atoms with E-state index in [4.69, 9.17) is 5.73 Å². The van der Waals surface area contributed by atoms with Crippen LogP contribution in [0.3, 0.4) is 0 Å². The minimum absolute atomic E-state index is 0.0705. The van der Waals surface area contributed by atoms with E-state index in [1.807, 2.05) is 27.7 Å². The third-order valence-corrected chi connectivity index (χ3v) is 4.62. The first-order valence-corrected chi connectivity index (χ1v) is 7.56.